The van der Waals surface area contributed by atoms with Crippen LogP contribution in [0.25, 0.3) is 0 Å². The third kappa shape index (κ3) is 3.54. The average Bonchev–Trinajstić information content (AvgIpc) is 3.14. The highest BCUT2D eigenvalue weighted by molar-refractivity contribution is 7.89. The van der Waals surface area contributed by atoms with Gasteiger partial charge in [-0.15, -0.1) is 0 Å². The van der Waals surface area contributed by atoms with Crippen molar-refractivity contribution in [2.75, 3.05) is 12.8 Å². The molecule has 0 aromatic heterocycles. The van der Waals surface area contributed by atoms with Crippen molar-refractivity contribution in [3.05, 3.63) is 23.8 Å². The lowest BCUT2D eigenvalue weighted by Gasteiger charge is -2.11. The predicted octanol–water partition coefficient (Wildman–Crippen LogP) is 1.52. The monoisotopic (exact) mass is 312 g/mol. The molecule has 7 heteroatoms. The molecule has 0 saturated heterocycles. The molecule has 21 heavy (non-hydrogen) atoms. The van der Waals surface area contributed by atoms with Crippen LogP contribution in [0.3, 0.4) is 0 Å². The van der Waals surface area contributed by atoms with Gasteiger partial charge in [0.2, 0.25) is 10.0 Å². The minimum absolute atomic E-state index is 0.0435. The van der Waals surface area contributed by atoms with Gasteiger partial charge >= 0.3 is 5.97 Å². The fraction of sp³-hybridized carbons (Fsp3) is 0.500. The largest absolute Gasteiger partial charge is 0.465 e. The molecule has 2 unspecified atom stereocenters. The van der Waals surface area contributed by atoms with Gasteiger partial charge in [0.25, 0.3) is 0 Å². The molecule has 0 spiro atoms. The number of nitrogens with two attached hydrogens (primary N) is 1. The molecule has 1 aromatic carbocycles. The zero-order valence-electron chi connectivity index (χ0n) is 12.1. The first-order valence-corrected chi connectivity index (χ1v) is 8.37. The van der Waals surface area contributed by atoms with Crippen molar-refractivity contribution in [2.45, 2.75) is 37.1 Å². The van der Waals surface area contributed by atoms with Crippen molar-refractivity contribution >= 4 is 21.7 Å². The number of rotatable bonds is 6. The van der Waals surface area contributed by atoms with Gasteiger partial charge in [-0.2, -0.15) is 0 Å². The number of anilines is 1. The van der Waals surface area contributed by atoms with Crippen LogP contribution in [0.1, 0.15) is 36.5 Å². The predicted molar refractivity (Wildman–Crippen MR) is 79.3 cm³/mol. The van der Waals surface area contributed by atoms with E-state index in [-0.39, 0.29) is 16.5 Å². The van der Waals surface area contributed by atoms with Gasteiger partial charge in [-0.3, -0.25) is 0 Å². The Kier molecular flexibility index (Phi) is 4.53. The second-order valence-electron chi connectivity index (χ2n) is 5.26. The van der Waals surface area contributed by atoms with Gasteiger partial charge in [-0.05, 0) is 37.0 Å². The van der Waals surface area contributed by atoms with Crippen LogP contribution in [0, 0.1) is 5.92 Å². The zero-order valence-corrected chi connectivity index (χ0v) is 12.9. The van der Waals surface area contributed by atoms with Gasteiger partial charge in [0.1, 0.15) is 0 Å². The standard InChI is InChI=1S/C14H20N2O4S/c1-3-4-9-7-12(9)16-21(18,19)13-6-5-10(15)8-11(13)14(17)20-2/h5-6,8-9,12,16H,3-4,7,15H2,1-2H3. The average molecular weight is 312 g/mol. The van der Waals surface area contributed by atoms with E-state index in [1.807, 2.05) is 0 Å². The Morgan fingerprint density at radius 3 is 2.81 bits per heavy atom. The molecule has 116 valence electrons. The minimum atomic E-state index is -3.76. The van der Waals surface area contributed by atoms with Gasteiger partial charge in [0, 0.05) is 11.7 Å². The third-order valence-corrected chi connectivity index (χ3v) is 5.14. The Morgan fingerprint density at radius 2 is 2.19 bits per heavy atom. The van der Waals surface area contributed by atoms with Gasteiger partial charge in [0.15, 0.2) is 0 Å². The third-order valence-electron chi connectivity index (χ3n) is 3.59. The van der Waals surface area contributed by atoms with Crippen molar-refractivity contribution in [1.29, 1.82) is 0 Å². The smallest absolute Gasteiger partial charge is 0.339 e. The number of sulfonamides is 1. The molecule has 1 aromatic rings. The lowest BCUT2D eigenvalue weighted by molar-refractivity contribution is 0.0596. The van der Waals surface area contributed by atoms with E-state index >= 15 is 0 Å². The quantitative estimate of drug-likeness (QED) is 0.613. The Labute approximate surface area is 124 Å². The molecule has 2 rings (SSSR count). The van der Waals surface area contributed by atoms with E-state index in [1.54, 1.807) is 0 Å². The fourth-order valence-corrected chi connectivity index (χ4v) is 3.89. The summed E-state index contributed by atoms with van der Waals surface area (Å²) in [5, 5.41) is 0. The van der Waals surface area contributed by atoms with Crippen molar-refractivity contribution in [2.24, 2.45) is 5.92 Å². The molecule has 1 fully saturated rings. The molecular formula is C14H20N2O4S. The summed E-state index contributed by atoms with van der Waals surface area (Å²) in [5.74, 6) is -0.330. The summed E-state index contributed by atoms with van der Waals surface area (Å²) in [6, 6.07) is 4.06. The first-order valence-electron chi connectivity index (χ1n) is 6.89. The number of ether oxygens (including phenoxy) is 1. The highest BCUT2D eigenvalue weighted by atomic mass is 32.2. The van der Waals surface area contributed by atoms with E-state index in [0.29, 0.717) is 11.6 Å². The van der Waals surface area contributed by atoms with Crippen LogP contribution in [-0.4, -0.2) is 27.5 Å². The fourth-order valence-electron chi connectivity index (χ4n) is 2.40. The molecule has 3 N–H and O–H groups in total. The maximum absolute atomic E-state index is 12.4. The summed E-state index contributed by atoms with van der Waals surface area (Å²) < 4.78 is 32.1. The van der Waals surface area contributed by atoms with E-state index in [2.05, 4.69) is 16.4 Å². The molecule has 6 nitrogen and oxygen atoms in total. The Bertz CT molecular complexity index is 642. The van der Waals surface area contributed by atoms with Crippen LogP contribution in [-0.2, 0) is 14.8 Å². The van der Waals surface area contributed by atoms with Crippen molar-refractivity contribution < 1.29 is 17.9 Å². The van der Waals surface area contributed by atoms with Crippen molar-refractivity contribution in [3.63, 3.8) is 0 Å². The van der Waals surface area contributed by atoms with Crippen LogP contribution in [0.2, 0.25) is 0 Å². The van der Waals surface area contributed by atoms with Gasteiger partial charge < -0.3 is 10.5 Å². The zero-order chi connectivity index (χ0) is 15.6. The summed E-state index contributed by atoms with van der Waals surface area (Å²) in [4.78, 5) is 11.6. The van der Waals surface area contributed by atoms with Crippen LogP contribution in [0.15, 0.2) is 23.1 Å². The maximum atomic E-state index is 12.4. The molecule has 0 heterocycles. The SMILES string of the molecule is CCCC1CC1NS(=O)(=O)c1ccc(N)cc1C(=O)OC. The first-order chi connectivity index (χ1) is 9.89. The second kappa shape index (κ2) is 6.03. The number of carbonyl (C=O) groups excluding carboxylic acids is 1. The van der Waals surface area contributed by atoms with E-state index in [0.717, 1.165) is 19.3 Å². The summed E-state index contributed by atoms with van der Waals surface area (Å²) in [7, 11) is -2.56. The molecule has 2 atom stereocenters. The molecule has 1 saturated carbocycles. The minimum Gasteiger partial charge on any atom is -0.465 e. The topological polar surface area (TPSA) is 98.5 Å². The van der Waals surface area contributed by atoms with Crippen molar-refractivity contribution in [1.82, 2.24) is 4.72 Å². The molecular weight excluding hydrogens is 292 g/mol. The molecule has 0 bridgehead atoms. The normalized spacial score (nSPS) is 21.0. The number of hydrogen-bond donors (Lipinski definition) is 2. The Balaban J connectivity index is 2.26. The molecule has 0 radical (unpaired) electrons. The van der Waals surface area contributed by atoms with E-state index < -0.39 is 16.0 Å². The first kappa shape index (κ1) is 15.8. The van der Waals surface area contributed by atoms with E-state index in [9.17, 15) is 13.2 Å². The Hall–Kier alpha value is -1.60. The highest BCUT2D eigenvalue weighted by Crippen LogP contribution is 2.36. The number of hydrogen-bond acceptors (Lipinski definition) is 5. The second-order valence-corrected chi connectivity index (χ2v) is 6.94. The van der Waals surface area contributed by atoms with E-state index in [1.165, 1.54) is 25.3 Å². The molecule has 0 amide bonds. The summed E-state index contributed by atoms with van der Waals surface area (Å²) >= 11 is 0. The summed E-state index contributed by atoms with van der Waals surface area (Å²) in [6.07, 6.45) is 2.87. The number of esters is 1. The lowest BCUT2D eigenvalue weighted by Crippen LogP contribution is -2.28. The maximum Gasteiger partial charge on any atom is 0.339 e. The van der Waals surface area contributed by atoms with Crippen LogP contribution in [0.4, 0.5) is 5.69 Å². The van der Waals surface area contributed by atoms with Gasteiger partial charge in [-0.25, -0.2) is 17.9 Å². The number of methoxy groups -OCH3 is 1. The highest BCUT2D eigenvalue weighted by Gasteiger charge is 2.40. The van der Waals surface area contributed by atoms with Crippen molar-refractivity contribution in [3.8, 4) is 0 Å². The lowest BCUT2D eigenvalue weighted by atomic mass is 10.2. The van der Waals surface area contributed by atoms with Gasteiger partial charge in [0.05, 0.1) is 17.6 Å². The molecule has 0 aliphatic heterocycles. The molecule has 1 aliphatic rings. The Morgan fingerprint density at radius 1 is 1.48 bits per heavy atom. The van der Waals surface area contributed by atoms with Crippen LogP contribution < -0.4 is 10.5 Å². The number of nitrogen functional groups attached to an aromatic ring is 1. The number of benzene rings is 1. The number of carbonyl (C=O) groups is 1. The summed E-state index contributed by atoms with van der Waals surface area (Å²) in [6.45, 7) is 2.07. The van der Waals surface area contributed by atoms with Gasteiger partial charge in [-0.1, -0.05) is 13.3 Å². The van der Waals surface area contributed by atoms with Crippen LogP contribution in [0.5, 0.6) is 0 Å². The van der Waals surface area contributed by atoms with E-state index in [4.69, 9.17) is 5.73 Å². The summed E-state index contributed by atoms with van der Waals surface area (Å²) in [5.41, 5.74) is 5.88. The number of nitrogens with one attached hydrogen (secondary N) is 1. The van der Waals surface area contributed by atoms with Crippen LogP contribution >= 0.6 is 0 Å². The molecule has 1 aliphatic carbocycles.